The lowest BCUT2D eigenvalue weighted by atomic mass is 9.86. The minimum Gasteiger partial charge on any atom is -0.461 e. The summed E-state index contributed by atoms with van der Waals surface area (Å²) in [6.45, 7) is 9.49. The summed E-state index contributed by atoms with van der Waals surface area (Å²) in [6, 6.07) is 7.79. The molecular formula is C21H27N3O3. The van der Waals surface area contributed by atoms with Crippen molar-refractivity contribution in [2.75, 3.05) is 13.2 Å². The number of nitrogens with zero attached hydrogens (tertiary/aromatic N) is 3. The highest BCUT2D eigenvalue weighted by atomic mass is 16.5. The molecule has 3 rings (SSSR count). The van der Waals surface area contributed by atoms with Gasteiger partial charge in [-0.25, -0.2) is 4.79 Å². The molecule has 0 spiro atoms. The first-order valence-corrected chi connectivity index (χ1v) is 9.34. The molecule has 0 saturated carbocycles. The second-order valence-electron chi connectivity index (χ2n) is 7.92. The summed E-state index contributed by atoms with van der Waals surface area (Å²) in [7, 11) is 1.82. The van der Waals surface area contributed by atoms with Gasteiger partial charge in [-0.2, -0.15) is 5.10 Å². The molecule has 0 unspecified atom stereocenters. The van der Waals surface area contributed by atoms with Crippen molar-refractivity contribution < 1.29 is 14.3 Å². The first-order chi connectivity index (χ1) is 12.7. The van der Waals surface area contributed by atoms with Gasteiger partial charge in [-0.15, -0.1) is 0 Å². The molecule has 0 radical (unpaired) electrons. The van der Waals surface area contributed by atoms with E-state index in [1.54, 1.807) is 16.5 Å². The molecule has 1 aliphatic heterocycles. The van der Waals surface area contributed by atoms with Gasteiger partial charge in [-0.05, 0) is 30.0 Å². The van der Waals surface area contributed by atoms with E-state index in [9.17, 15) is 9.59 Å². The average Bonchev–Trinajstić information content (AvgIpc) is 2.97. The summed E-state index contributed by atoms with van der Waals surface area (Å²) in [5.41, 5.74) is 4.00. The maximum Gasteiger partial charge on any atom is 0.359 e. The van der Waals surface area contributed by atoms with Crippen molar-refractivity contribution in [2.45, 2.75) is 46.1 Å². The third kappa shape index (κ3) is 3.75. The number of carbonyl (C=O) groups excluding carboxylic acids is 2. The van der Waals surface area contributed by atoms with E-state index in [1.165, 1.54) is 5.56 Å². The smallest absolute Gasteiger partial charge is 0.359 e. The van der Waals surface area contributed by atoms with Gasteiger partial charge < -0.3 is 9.64 Å². The van der Waals surface area contributed by atoms with Crippen LogP contribution < -0.4 is 0 Å². The van der Waals surface area contributed by atoms with E-state index in [0.717, 1.165) is 11.3 Å². The third-order valence-corrected chi connectivity index (χ3v) is 5.00. The van der Waals surface area contributed by atoms with Crippen LogP contribution in [-0.2, 0) is 30.2 Å². The molecule has 27 heavy (non-hydrogen) atoms. The van der Waals surface area contributed by atoms with E-state index in [4.69, 9.17) is 4.74 Å². The van der Waals surface area contributed by atoms with E-state index < -0.39 is 5.97 Å². The minimum absolute atomic E-state index is 0.0280. The molecule has 6 heteroatoms. The fraction of sp³-hybridized carbons (Fsp3) is 0.476. The zero-order valence-corrected chi connectivity index (χ0v) is 16.7. The largest absolute Gasteiger partial charge is 0.461 e. The Bertz CT molecular complexity index is 860. The lowest BCUT2D eigenvalue weighted by molar-refractivity contribution is 0.0513. The SMILES string of the molecule is CCOC(=O)c1nn(C)c2c1CN(C(=O)c1ccc(C(C)(C)C)cc1)CC2. The first kappa shape index (κ1) is 19.1. The van der Waals surface area contributed by atoms with Crippen molar-refractivity contribution in [1.82, 2.24) is 14.7 Å². The van der Waals surface area contributed by atoms with E-state index in [1.807, 2.05) is 31.3 Å². The summed E-state index contributed by atoms with van der Waals surface area (Å²) < 4.78 is 6.84. The van der Waals surface area contributed by atoms with Gasteiger partial charge in [0.2, 0.25) is 0 Å². The molecule has 1 amide bonds. The zero-order valence-electron chi connectivity index (χ0n) is 16.7. The molecule has 6 nitrogen and oxygen atoms in total. The highest BCUT2D eigenvalue weighted by Crippen LogP contribution is 2.26. The molecule has 1 aromatic heterocycles. The van der Waals surface area contributed by atoms with Crippen LogP contribution in [-0.4, -0.2) is 39.7 Å². The Morgan fingerprint density at radius 1 is 1.19 bits per heavy atom. The number of hydrogen-bond acceptors (Lipinski definition) is 4. The second kappa shape index (κ2) is 7.18. The monoisotopic (exact) mass is 369 g/mol. The van der Waals surface area contributed by atoms with Crippen LogP contribution in [0.2, 0.25) is 0 Å². The summed E-state index contributed by atoms with van der Waals surface area (Å²) in [5, 5.41) is 4.32. The van der Waals surface area contributed by atoms with E-state index in [0.29, 0.717) is 37.4 Å². The van der Waals surface area contributed by atoms with Crippen molar-refractivity contribution in [3.8, 4) is 0 Å². The Kier molecular flexibility index (Phi) is 5.09. The number of aryl methyl sites for hydroxylation is 1. The molecule has 0 atom stereocenters. The van der Waals surface area contributed by atoms with Crippen molar-refractivity contribution in [3.63, 3.8) is 0 Å². The molecular weight excluding hydrogens is 342 g/mol. The van der Waals surface area contributed by atoms with Gasteiger partial charge in [0.05, 0.1) is 13.2 Å². The zero-order chi connectivity index (χ0) is 19.8. The first-order valence-electron chi connectivity index (χ1n) is 9.34. The van der Waals surface area contributed by atoms with Crippen LogP contribution in [0.1, 0.15) is 65.4 Å². The number of ether oxygens (including phenoxy) is 1. The predicted octanol–water partition coefficient (Wildman–Crippen LogP) is 3.09. The van der Waals surface area contributed by atoms with Crippen molar-refractivity contribution in [2.24, 2.45) is 7.05 Å². The summed E-state index contributed by atoms with van der Waals surface area (Å²) >= 11 is 0. The van der Waals surface area contributed by atoms with Gasteiger partial charge >= 0.3 is 5.97 Å². The second-order valence-corrected chi connectivity index (χ2v) is 7.92. The molecule has 0 bridgehead atoms. The van der Waals surface area contributed by atoms with Crippen LogP contribution in [0.4, 0.5) is 0 Å². The van der Waals surface area contributed by atoms with Crippen LogP contribution in [0.3, 0.4) is 0 Å². The predicted molar refractivity (Wildman–Crippen MR) is 103 cm³/mol. The number of fused-ring (bicyclic) bond motifs is 1. The van der Waals surface area contributed by atoms with Crippen LogP contribution in [0.5, 0.6) is 0 Å². The Balaban J connectivity index is 1.83. The molecule has 0 N–H and O–H groups in total. The number of benzene rings is 1. The lowest BCUT2D eigenvalue weighted by Crippen LogP contribution is -2.36. The van der Waals surface area contributed by atoms with Gasteiger partial charge in [0.15, 0.2) is 5.69 Å². The molecule has 144 valence electrons. The number of hydrogen-bond donors (Lipinski definition) is 0. The van der Waals surface area contributed by atoms with Crippen LogP contribution in [0, 0.1) is 0 Å². The van der Waals surface area contributed by atoms with E-state index >= 15 is 0 Å². The van der Waals surface area contributed by atoms with Gasteiger partial charge in [0.25, 0.3) is 5.91 Å². The maximum atomic E-state index is 13.0. The highest BCUT2D eigenvalue weighted by molar-refractivity contribution is 5.95. The third-order valence-electron chi connectivity index (χ3n) is 5.00. The van der Waals surface area contributed by atoms with Crippen LogP contribution in [0.25, 0.3) is 0 Å². The van der Waals surface area contributed by atoms with Crippen LogP contribution >= 0.6 is 0 Å². The molecule has 1 aliphatic rings. The Morgan fingerprint density at radius 3 is 2.44 bits per heavy atom. The molecule has 2 aromatic rings. The summed E-state index contributed by atoms with van der Waals surface area (Å²) in [5.74, 6) is -0.460. The number of carbonyl (C=O) groups is 2. The standard InChI is InChI=1S/C21H27N3O3/c1-6-27-20(26)18-16-13-24(12-11-17(16)23(5)22-18)19(25)14-7-9-15(10-8-14)21(2,3)4/h7-10H,6,11-13H2,1-5H3. The number of rotatable bonds is 3. The summed E-state index contributed by atoms with van der Waals surface area (Å²) in [4.78, 5) is 26.9. The fourth-order valence-electron chi connectivity index (χ4n) is 3.42. The summed E-state index contributed by atoms with van der Waals surface area (Å²) in [6.07, 6.45) is 0.671. The molecule has 0 aliphatic carbocycles. The van der Waals surface area contributed by atoms with Crippen molar-refractivity contribution in [1.29, 1.82) is 0 Å². The molecule has 0 saturated heterocycles. The lowest BCUT2D eigenvalue weighted by Gasteiger charge is -2.28. The number of esters is 1. The molecule has 1 aromatic carbocycles. The number of aromatic nitrogens is 2. The van der Waals surface area contributed by atoms with E-state index in [-0.39, 0.29) is 11.3 Å². The maximum absolute atomic E-state index is 13.0. The fourth-order valence-corrected chi connectivity index (χ4v) is 3.42. The van der Waals surface area contributed by atoms with Gasteiger partial charge in [0, 0.05) is 36.8 Å². The number of amides is 1. The molecule has 0 fully saturated rings. The van der Waals surface area contributed by atoms with Crippen molar-refractivity contribution in [3.05, 3.63) is 52.3 Å². The average molecular weight is 369 g/mol. The van der Waals surface area contributed by atoms with Gasteiger partial charge in [0.1, 0.15) is 0 Å². The van der Waals surface area contributed by atoms with Gasteiger partial charge in [-0.3, -0.25) is 9.48 Å². The quantitative estimate of drug-likeness (QED) is 0.780. The van der Waals surface area contributed by atoms with Crippen molar-refractivity contribution >= 4 is 11.9 Å². The highest BCUT2D eigenvalue weighted by Gasteiger charge is 2.30. The minimum atomic E-state index is -0.432. The van der Waals surface area contributed by atoms with Crippen LogP contribution in [0.15, 0.2) is 24.3 Å². The Labute approximate surface area is 160 Å². The topological polar surface area (TPSA) is 64.4 Å². The molecule has 2 heterocycles. The van der Waals surface area contributed by atoms with E-state index in [2.05, 4.69) is 25.9 Å². The normalized spacial score (nSPS) is 14.0. The Hall–Kier alpha value is -2.63. The van der Waals surface area contributed by atoms with Gasteiger partial charge in [-0.1, -0.05) is 32.9 Å². The Morgan fingerprint density at radius 2 is 1.85 bits per heavy atom.